The Morgan fingerprint density at radius 1 is 1.04 bits per heavy atom. The Labute approximate surface area is 155 Å². The van der Waals surface area contributed by atoms with Crippen LogP contribution in [0.1, 0.15) is 27.5 Å². The number of amides is 1. The molecule has 0 aromatic heterocycles. The van der Waals surface area contributed by atoms with Gasteiger partial charge in [0, 0.05) is 30.8 Å². The molecule has 0 saturated carbocycles. The smallest absolute Gasteiger partial charge is 0.254 e. The van der Waals surface area contributed by atoms with E-state index in [4.69, 9.17) is 9.47 Å². The molecule has 1 aliphatic rings. The molecule has 1 fully saturated rings. The second-order valence-electron chi connectivity index (χ2n) is 6.69. The normalized spacial score (nSPS) is 17.8. The number of benzene rings is 2. The summed E-state index contributed by atoms with van der Waals surface area (Å²) in [5.74, 6) is 1.33. The molecule has 1 saturated heterocycles. The van der Waals surface area contributed by atoms with Gasteiger partial charge < -0.3 is 19.3 Å². The van der Waals surface area contributed by atoms with Gasteiger partial charge in [-0.15, -0.1) is 0 Å². The molecule has 1 atom stereocenters. The molecule has 3 rings (SSSR count). The number of piperazine rings is 1. The van der Waals surface area contributed by atoms with E-state index >= 15 is 0 Å². The van der Waals surface area contributed by atoms with Gasteiger partial charge in [0.25, 0.3) is 5.91 Å². The van der Waals surface area contributed by atoms with Crippen LogP contribution in [-0.2, 0) is 0 Å². The Balaban J connectivity index is 1.97. The lowest BCUT2D eigenvalue weighted by atomic mass is 10.0. The zero-order chi connectivity index (χ0) is 18.7. The lowest BCUT2D eigenvalue weighted by Crippen LogP contribution is -2.49. The molecule has 0 N–H and O–H groups in total. The van der Waals surface area contributed by atoms with Gasteiger partial charge in [-0.1, -0.05) is 30.3 Å². The van der Waals surface area contributed by atoms with Gasteiger partial charge in [-0.2, -0.15) is 0 Å². The molecule has 5 nitrogen and oxygen atoms in total. The first-order chi connectivity index (χ1) is 12.5. The number of ether oxygens (including phenoxy) is 2. The van der Waals surface area contributed by atoms with Crippen molar-refractivity contribution < 1.29 is 14.3 Å². The summed E-state index contributed by atoms with van der Waals surface area (Å²) in [6.07, 6.45) is 0. The number of methoxy groups -OCH3 is 2. The van der Waals surface area contributed by atoms with Crippen molar-refractivity contribution in [3.05, 3.63) is 59.2 Å². The van der Waals surface area contributed by atoms with E-state index in [0.29, 0.717) is 23.6 Å². The number of carbonyl (C=O) groups excluding carboxylic acids is 1. The van der Waals surface area contributed by atoms with E-state index in [2.05, 4.69) is 24.1 Å². The molecule has 0 radical (unpaired) electrons. The van der Waals surface area contributed by atoms with Gasteiger partial charge in [-0.05, 0) is 31.7 Å². The zero-order valence-electron chi connectivity index (χ0n) is 15.9. The summed E-state index contributed by atoms with van der Waals surface area (Å²) in [5, 5.41) is 0. The molecule has 1 amide bonds. The Morgan fingerprint density at radius 2 is 1.65 bits per heavy atom. The Bertz CT molecular complexity index is 751. The third-order valence-corrected chi connectivity index (χ3v) is 5.03. The van der Waals surface area contributed by atoms with Gasteiger partial charge in [0.05, 0.1) is 20.3 Å². The van der Waals surface area contributed by atoms with Crippen LogP contribution in [0.5, 0.6) is 11.5 Å². The Hall–Kier alpha value is -2.53. The molecule has 2 aromatic carbocycles. The highest BCUT2D eigenvalue weighted by molar-refractivity contribution is 5.95. The molecule has 26 heavy (non-hydrogen) atoms. The average Bonchev–Trinajstić information content (AvgIpc) is 2.68. The fourth-order valence-electron chi connectivity index (χ4n) is 3.50. The van der Waals surface area contributed by atoms with Crippen molar-refractivity contribution in [2.24, 2.45) is 0 Å². The molecule has 5 heteroatoms. The molecule has 0 spiro atoms. The predicted molar refractivity (Wildman–Crippen MR) is 102 cm³/mol. The Kier molecular flexibility index (Phi) is 5.47. The first-order valence-electron chi connectivity index (χ1n) is 8.82. The minimum atomic E-state index is 0.00329. The maximum atomic E-state index is 13.3. The monoisotopic (exact) mass is 354 g/mol. The van der Waals surface area contributed by atoms with Crippen LogP contribution in [-0.4, -0.2) is 56.6 Å². The number of rotatable bonds is 4. The van der Waals surface area contributed by atoms with Crippen molar-refractivity contribution >= 4 is 5.91 Å². The van der Waals surface area contributed by atoms with Gasteiger partial charge in [0.15, 0.2) is 0 Å². The van der Waals surface area contributed by atoms with E-state index in [9.17, 15) is 4.79 Å². The average molecular weight is 354 g/mol. The minimum Gasteiger partial charge on any atom is -0.496 e. The summed E-state index contributed by atoms with van der Waals surface area (Å²) in [5.41, 5.74) is 2.64. The van der Waals surface area contributed by atoms with Crippen molar-refractivity contribution in [3.8, 4) is 11.5 Å². The third-order valence-electron chi connectivity index (χ3n) is 5.03. The quantitative estimate of drug-likeness (QED) is 0.846. The van der Waals surface area contributed by atoms with Crippen molar-refractivity contribution in [3.63, 3.8) is 0 Å². The van der Waals surface area contributed by atoms with Gasteiger partial charge in [-0.25, -0.2) is 0 Å². The third kappa shape index (κ3) is 3.53. The number of hydrogen-bond acceptors (Lipinski definition) is 4. The van der Waals surface area contributed by atoms with Crippen LogP contribution in [0.3, 0.4) is 0 Å². The highest BCUT2D eigenvalue weighted by Gasteiger charge is 2.31. The number of hydrogen-bond donors (Lipinski definition) is 0. The number of likely N-dealkylation sites (N-methyl/N-ethyl adjacent to an activating group) is 1. The summed E-state index contributed by atoms with van der Waals surface area (Å²) in [6.45, 7) is 4.28. The second-order valence-corrected chi connectivity index (χ2v) is 6.69. The van der Waals surface area contributed by atoms with Crippen molar-refractivity contribution in [2.75, 3.05) is 40.9 Å². The highest BCUT2D eigenvalue weighted by atomic mass is 16.5. The van der Waals surface area contributed by atoms with Crippen LogP contribution in [0.25, 0.3) is 0 Å². The standard InChI is InChI=1S/C21H26N2O3/c1-15-19(25-3)12-17(13-20(15)26-4)21(24)23-11-10-22(2)14-18(23)16-8-6-5-7-9-16/h5-9,12-13,18H,10-11,14H2,1-4H3. The van der Waals surface area contributed by atoms with Gasteiger partial charge in [0.1, 0.15) is 11.5 Å². The lowest BCUT2D eigenvalue weighted by molar-refractivity contribution is 0.0497. The van der Waals surface area contributed by atoms with Gasteiger partial charge >= 0.3 is 0 Å². The van der Waals surface area contributed by atoms with Crippen molar-refractivity contribution in [2.45, 2.75) is 13.0 Å². The van der Waals surface area contributed by atoms with Crippen LogP contribution in [0.2, 0.25) is 0 Å². The summed E-state index contributed by atoms with van der Waals surface area (Å²) in [4.78, 5) is 17.6. The molecular weight excluding hydrogens is 328 g/mol. The van der Waals surface area contributed by atoms with Crippen LogP contribution < -0.4 is 9.47 Å². The van der Waals surface area contributed by atoms with Crippen LogP contribution in [0, 0.1) is 6.92 Å². The molecule has 1 aliphatic heterocycles. The van der Waals surface area contributed by atoms with Gasteiger partial charge in [-0.3, -0.25) is 4.79 Å². The first kappa shape index (κ1) is 18.3. The summed E-state index contributed by atoms with van der Waals surface area (Å²) in [6, 6.07) is 13.8. The number of carbonyl (C=O) groups is 1. The minimum absolute atomic E-state index is 0.00329. The van der Waals surface area contributed by atoms with Gasteiger partial charge in [0.2, 0.25) is 0 Å². The maximum absolute atomic E-state index is 13.3. The fraction of sp³-hybridized carbons (Fsp3) is 0.381. The second kappa shape index (κ2) is 7.79. The molecule has 1 unspecified atom stereocenters. The van der Waals surface area contributed by atoms with E-state index in [1.54, 1.807) is 26.4 Å². The maximum Gasteiger partial charge on any atom is 0.254 e. The molecule has 2 aromatic rings. The summed E-state index contributed by atoms with van der Waals surface area (Å²) >= 11 is 0. The summed E-state index contributed by atoms with van der Waals surface area (Å²) in [7, 11) is 5.31. The van der Waals surface area contributed by atoms with E-state index < -0.39 is 0 Å². The SMILES string of the molecule is COc1cc(C(=O)N2CCN(C)CC2c2ccccc2)cc(OC)c1C. The largest absolute Gasteiger partial charge is 0.496 e. The molecule has 0 bridgehead atoms. The van der Waals surface area contributed by atoms with Crippen LogP contribution >= 0.6 is 0 Å². The van der Waals surface area contributed by atoms with E-state index in [0.717, 1.165) is 24.2 Å². The lowest BCUT2D eigenvalue weighted by Gasteiger charge is -2.40. The fourth-order valence-corrected chi connectivity index (χ4v) is 3.50. The predicted octanol–water partition coefficient (Wildman–Crippen LogP) is 3.14. The molecule has 138 valence electrons. The highest BCUT2D eigenvalue weighted by Crippen LogP contribution is 2.32. The summed E-state index contributed by atoms with van der Waals surface area (Å²) < 4.78 is 10.9. The van der Waals surface area contributed by atoms with Crippen LogP contribution in [0.15, 0.2) is 42.5 Å². The number of nitrogens with zero attached hydrogens (tertiary/aromatic N) is 2. The molecular formula is C21H26N2O3. The Morgan fingerprint density at radius 3 is 2.23 bits per heavy atom. The van der Waals surface area contributed by atoms with E-state index in [1.807, 2.05) is 30.0 Å². The molecule has 1 heterocycles. The zero-order valence-corrected chi connectivity index (χ0v) is 15.9. The van der Waals surface area contributed by atoms with Crippen molar-refractivity contribution in [1.82, 2.24) is 9.80 Å². The first-order valence-corrected chi connectivity index (χ1v) is 8.82. The van der Waals surface area contributed by atoms with Crippen LogP contribution in [0.4, 0.5) is 0 Å². The molecule has 0 aliphatic carbocycles. The van der Waals surface area contributed by atoms with E-state index in [1.165, 1.54) is 0 Å². The van der Waals surface area contributed by atoms with Crippen molar-refractivity contribution in [1.29, 1.82) is 0 Å². The topological polar surface area (TPSA) is 42.0 Å². The van der Waals surface area contributed by atoms with E-state index in [-0.39, 0.29) is 11.9 Å².